The molecule has 9 heteroatoms. The first-order valence-electron chi connectivity index (χ1n) is 14.0. The Morgan fingerprint density at radius 1 is 0.282 bits per heavy atom. The van der Waals surface area contributed by atoms with Crippen molar-refractivity contribution in [3.8, 4) is 0 Å². The summed E-state index contributed by atoms with van der Waals surface area (Å²) < 4.78 is 41.9. The first kappa shape index (κ1) is 37.0. The number of hydrogen-bond donors (Lipinski definition) is 0. The summed E-state index contributed by atoms with van der Waals surface area (Å²) in [5, 5.41) is 2.62. The average Bonchev–Trinajstić information content (AvgIpc) is 3.74. The van der Waals surface area contributed by atoms with Crippen molar-refractivity contribution in [2.75, 3.05) is 106 Å². The molecule has 3 aliphatic rings. The molecule has 3 fully saturated rings. The summed E-state index contributed by atoms with van der Waals surface area (Å²) in [6.07, 6.45) is 5.11. The third-order valence-corrected chi connectivity index (χ3v) is 5.55. The van der Waals surface area contributed by atoms with E-state index < -0.39 is 0 Å². The second-order valence-corrected chi connectivity index (χ2v) is 8.66. The van der Waals surface area contributed by atoms with E-state index in [1.807, 2.05) is 0 Å². The SMILES string of the molecule is C1CCOC1.C1CCOC1.C1COCCOCCOCCOCCOCCO1.[K].c1ccc2ccccc2c1. The maximum atomic E-state index is 5.33. The van der Waals surface area contributed by atoms with Crippen LogP contribution in [0.1, 0.15) is 25.7 Å². The Balaban J connectivity index is 0.000000298. The molecule has 8 nitrogen and oxygen atoms in total. The minimum Gasteiger partial charge on any atom is -0.381 e. The second-order valence-electron chi connectivity index (χ2n) is 8.66. The van der Waals surface area contributed by atoms with Gasteiger partial charge in [0.15, 0.2) is 0 Å². The molecule has 0 unspecified atom stereocenters. The molecule has 3 saturated heterocycles. The molecule has 0 N–H and O–H groups in total. The van der Waals surface area contributed by atoms with Crippen molar-refractivity contribution in [3.05, 3.63) is 48.5 Å². The van der Waals surface area contributed by atoms with Crippen LogP contribution in [-0.4, -0.2) is 157 Å². The summed E-state index contributed by atoms with van der Waals surface area (Å²) in [5.41, 5.74) is 0. The van der Waals surface area contributed by atoms with E-state index in [1.54, 1.807) is 0 Å². The van der Waals surface area contributed by atoms with Gasteiger partial charge in [0.25, 0.3) is 0 Å². The van der Waals surface area contributed by atoms with Crippen LogP contribution in [0, 0.1) is 0 Å². The van der Waals surface area contributed by atoms with Gasteiger partial charge in [0.1, 0.15) is 0 Å². The standard InChI is InChI=1S/C12H24O6.C10H8.2C4H8O.K/c1-2-14-5-6-16-9-10-18-12-11-17-8-7-15-4-3-13-1;1-2-6-10-8-4-3-7-9(10)5-1;2*1-2-4-5-3-1;/h1-12H2;1-8H;2*1-4H2;. The summed E-state index contributed by atoms with van der Waals surface area (Å²) in [6, 6.07) is 16.7. The van der Waals surface area contributed by atoms with Crippen LogP contribution in [0.15, 0.2) is 48.5 Å². The van der Waals surface area contributed by atoms with Crippen molar-refractivity contribution in [2.45, 2.75) is 25.7 Å². The van der Waals surface area contributed by atoms with Crippen LogP contribution >= 0.6 is 0 Å². The van der Waals surface area contributed by atoms with Crippen molar-refractivity contribution >= 4 is 62.2 Å². The third kappa shape index (κ3) is 23.3. The molecule has 217 valence electrons. The Hall–Kier alpha value is 0.0164. The van der Waals surface area contributed by atoms with Crippen LogP contribution in [0.3, 0.4) is 0 Å². The summed E-state index contributed by atoms with van der Waals surface area (Å²) in [6.45, 7) is 11.0. The predicted molar refractivity (Wildman–Crippen MR) is 155 cm³/mol. The van der Waals surface area contributed by atoms with E-state index in [4.69, 9.17) is 37.9 Å². The average molecular weight is 576 g/mol. The van der Waals surface area contributed by atoms with Crippen molar-refractivity contribution in [1.82, 2.24) is 0 Å². The van der Waals surface area contributed by atoms with Crippen LogP contribution in [0.25, 0.3) is 10.8 Å². The topological polar surface area (TPSA) is 73.8 Å². The Morgan fingerprint density at radius 3 is 0.615 bits per heavy atom. The minimum atomic E-state index is 0. The van der Waals surface area contributed by atoms with E-state index in [1.165, 1.54) is 36.5 Å². The molecule has 2 aromatic carbocycles. The maximum Gasteiger partial charge on any atom is 0.0701 e. The van der Waals surface area contributed by atoms with Crippen LogP contribution in [0.5, 0.6) is 0 Å². The zero-order valence-corrected chi connectivity index (χ0v) is 27.2. The molecule has 0 amide bonds. The molecule has 39 heavy (non-hydrogen) atoms. The fourth-order valence-electron chi connectivity index (χ4n) is 3.47. The van der Waals surface area contributed by atoms with Crippen molar-refractivity contribution < 1.29 is 37.9 Å². The van der Waals surface area contributed by atoms with Gasteiger partial charge in [0.2, 0.25) is 0 Å². The Labute approximate surface area is 277 Å². The monoisotopic (exact) mass is 575 g/mol. The van der Waals surface area contributed by atoms with Crippen molar-refractivity contribution in [1.29, 1.82) is 0 Å². The van der Waals surface area contributed by atoms with Gasteiger partial charge in [-0.3, -0.25) is 0 Å². The molecular weight excluding hydrogens is 527 g/mol. The summed E-state index contributed by atoms with van der Waals surface area (Å²) in [5.74, 6) is 0. The molecule has 1 radical (unpaired) electrons. The van der Waals surface area contributed by atoms with E-state index in [0.29, 0.717) is 79.3 Å². The zero-order chi connectivity index (χ0) is 26.6. The maximum absolute atomic E-state index is 5.33. The van der Waals surface area contributed by atoms with Gasteiger partial charge in [0, 0.05) is 77.8 Å². The van der Waals surface area contributed by atoms with E-state index in [9.17, 15) is 0 Å². The minimum absolute atomic E-state index is 0. The smallest absolute Gasteiger partial charge is 0.0701 e. The molecule has 2 aromatic rings. The number of hydrogen-bond acceptors (Lipinski definition) is 8. The first-order chi connectivity index (χ1) is 19.0. The van der Waals surface area contributed by atoms with Gasteiger partial charge in [-0.05, 0) is 36.5 Å². The van der Waals surface area contributed by atoms with Crippen LogP contribution in [0.4, 0.5) is 0 Å². The van der Waals surface area contributed by atoms with E-state index >= 15 is 0 Å². The Bertz CT molecular complexity index is 593. The van der Waals surface area contributed by atoms with Gasteiger partial charge < -0.3 is 37.9 Å². The molecule has 0 saturated carbocycles. The molecule has 5 rings (SSSR count). The number of fused-ring (bicyclic) bond motifs is 1. The molecule has 3 heterocycles. The van der Waals surface area contributed by atoms with Crippen LogP contribution in [-0.2, 0) is 37.9 Å². The fourth-order valence-corrected chi connectivity index (χ4v) is 3.47. The van der Waals surface area contributed by atoms with Crippen LogP contribution in [0.2, 0.25) is 0 Å². The number of rotatable bonds is 0. The molecule has 0 spiro atoms. The van der Waals surface area contributed by atoms with E-state index in [-0.39, 0.29) is 51.4 Å². The van der Waals surface area contributed by atoms with Gasteiger partial charge in [0.05, 0.1) is 79.3 Å². The summed E-state index contributed by atoms with van der Waals surface area (Å²) >= 11 is 0. The quantitative estimate of drug-likeness (QED) is 0.434. The number of benzene rings is 2. The first-order valence-corrected chi connectivity index (χ1v) is 14.0. The normalized spacial score (nSPS) is 19.8. The predicted octanol–water partition coefficient (Wildman–Crippen LogP) is 4.15. The van der Waals surface area contributed by atoms with Gasteiger partial charge in [-0.15, -0.1) is 0 Å². The molecule has 0 aliphatic carbocycles. The zero-order valence-electron chi connectivity index (χ0n) is 24.0. The van der Waals surface area contributed by atoms with Crippen molar-refractivity contribution in [2.24, 2.45) is 0 Å². The molecule has 0 aromatic heterocycles. The fraction of sp³-hybridized carbons (Fsp3) is 0.667. The van der Waals surface area contributed by atoms with Gasteiger partial charge in [-0.25, -0.2) is 0 Å². The summed E-state index contributed by atoms with van der Waals surface area (Å²) in [4.78, 5) is 0. The molecule has 0 atom stereocenters. The Morgan fingerprint density at radius 2 is 0.462 bits per heavy atom. The number of ether oxygens (including phenoxy) is 8. The molecular formula is C30H48KO8. The summed E-state index contributed by atoms with van der Waals surface area (Å²) in [7, 11) is 0. The van der Waals surface area contributed by atoms with E-state index in [0.717, 1.165) is 26.4 Å². The van der Waals surface area contributed by atoms with Crippen molar-refractivity contribution in [3.63, 3.8) is 0 Å². The van der Waals surface area contributed by atoms with E-state index in [2.05, 4.69) is 48.5 Å². The largest absolute Gasteiger partial charge is 0.381 e. The van der Waals surface area contributed by atoms with Gasteiger partial charge in [-0.1, -0.05) is 48.5 Å². The Kier molecular flexibility index (Phi) is 28.0. The van der Waals surface area contributed by atoms with Gasteiger partial charge in [-0.2, -0.15) is 0 Å². The second kappa shape index (κ2) is 29.5. The van der Waals surface area contributed by atoms with Gasteiger partial charge >= 0.3 is 0 Å². The molecule has 0 bridgehead atoms. The molecule has 3 aliphatic heterocycles. The third-order valence-electron chi connectivity index (χ3n) is 5.55. The van der Waals surface area contributed by atoms with Crippen LogP contribution < -0.4 is 0 Å².